The topological polar surface area (TPSA) is 26.3 Å². The lowest BCUT2D eigenvalue weighted by atomic mass is 9.86. The van der Waals surface area contributed by atoms with Crippen LogP contribution in [0.2, 0.25) is 0 Å². The Bertz CT molecular complexity index is 1280. The Balaban J connectivity index is 1.90. The lowest BCUT2D eigenvalue weighted by Crippen LogP contribution is -2.20. The van der Waals surface area contributed by atoms with Gasteiger partial charge in [-0.15, -0.1) is 0 Å². The molecule has 0 aliphatic heterocycles. The van der Waals surface area contributed by atoms with Gasteiger partial charge in [0.25, 0.3) is 0 Å². The van der Waals surface area contributed by atoms with Gasteiger partial charge in [0.05, 0.1) is 7.11 Å². The number of rotatable bonds is 5. The van der Waals surface area contributed by atoms with Crippen molar-refractivity contribution in [2.45, 2.75) is 12.8 Å². The van der Waals surface area contributed by atoms with E-state index in [0.717, 1.165) is 51.2 Å². The minimum atomic E-state index is -3.08. The number of para-hydroxylation sites is 1. The fraction of sp³-hybridized carbons (Fsp3) is 0.103. The number of methoxy groups -OCH3 is 1. The highest BCUT2D eigenvalue weighted by Gasteiger charge is 2.37. The first-order valence-corrected chi connectivity index (χ1v) is 12.6. The van der Waals surface area contributed by atoms with E-state index in [1.807, 2.05) is 78.9 Å². The van der Waals surface area contributed by atoms with Crippen LogP contribution in [-0.2, 0) is 11.0 Å². The largest absolute Gasteiger partial charge is 0.496 e. The predicted molar refractivity (Wildman–Crippen MR) is 134 cm³/mol. The zero-order chi connectivity index (χ0) is 22.0. The Morgan fingerprint density at radius 2 is 1.16 bits per heavy atom. The van der Waals surface area contributed by atoms with Gasteiger partial charge in [-0.25, -0.2) is 0 Å². The van der Waals surface area contributed by atoms with E-state index in [4.69, 9.17) is 4.74 Å². The Kier molecular flexibility index (Phi) is 5.55. The highest BCUT2D eigenvalue weighted by Crippen LogP contribution is 2.59. The highest BCUT2D eigenvalue weighted by molar-refractivity contribution is 7.82. The number of fused-ring (bicyclic) bond motifs is 1. The summed E-state index contributed by atoms with van der Waals surface area (Å²) in [6.45, 7) is 0. The van der Waals surface area contributed by atoms with Gasteiger partial charge < -0.3 is 9.30 Å². The van der Waals surface area contributed by atoms with Crippen LogP contribution in [0.15, 0.2) is 115 Å². The van der Waals surface area contributed by atoms with E-state index in [9.17, 15) is 0 Å². The maximum atomic E-state index is 15.3. The molecule has 0 bridgehead atoms. The third kappa shape index (κ3) is 3.42. The van der Waals surface area contributed by atoms with Crippen molar-refractivity contribution in [1.82, 2.24) is 0 Å². The number of ether oxygens (including phenoxy) is 1. The van der Waals surface area contributed by atoms with Gasteiger partial charge in [0.1, 0.15) is 5.75 Å². The van der Waals surface area contributed by atoms with Gasteiger partial charge in [-0.1, -0.05) is 103 Å². The monoisotopic (exact) mass is 436 g/mol. The third-order valence-corrected chi connectivity index (χ3v) is 9.46. The predicted octanol–water partition coefficient (Wildman–Crippen LogP) is 6.41. The van der Waals surface area contributed by atoms with Gasteiger partial charge in [0.15, 0.2) is 7.14 Å². The van der Waals surface area contributed by atoms with Crippen molar-refractivity contribution in [3.63, 3.8) is 0 Å². The smallest absolute Gasteiger partial charge is 0.167 e. The molecule has 0 saturated heterocycles. The minimum Gasteiger partial charge on any atom is -0.496 e. The van der Waals surface area contributed by atoms with Crippen molar-refractivity contribution in [2.75, 3.05) is 7.11 Å². The number of aryl methyl sites for hydroxylation is 1. The highest BCUT2D eigenvalue weighted by atomic mass is 31.2. The molecule has 2 nitrogen and oxygen atoms in total. The van der Waals surface area contributed by atoms with Crippen LogP contribution in [0.5, 0.6) is 5.75 Å². The Labute approximate surface area is 189 Å². The molecule has 1 aliphatic rings. The second kappa shape index (κ2) is 8.65. The van der Waals surface area contributed by atoms with E-state index < -0.39 is 7.14 Å². The van der Waals surface area contributed by atoms with E-state index in [1.54, 1.807) is 7.11 Å². The van der Waals surface area contributed by atoms with Gasteiger partial charge in [0, 0.05) is 27.1 Å². The molecule has 0 spiro atoms. The fourth-order valence-electron chi connectivity index (χ4n) is 4.72. The first-order chi connectivity index (χ1) is 15.7. The molecule has 32 heavy (non-hydrogen) atoms. The average Bonchev–Trinajstić information content (AvgIpc) is 2.88. The molecule has 0 unspecified atom stereocenters. The van der Waals surface area contributed by atoms with E-state index in [-0.39, 0.29) is 0 Å². The van der Waals surface area contributed by atoms with Crippen molar-refractivity contribution < 1.29 is 9.30 Å². The van der Waals surface area contributed by atoms with Crippen LogP contribution in [-0.4, -0.2) is 7.11 Å². The molecule has 0 N–H and O–H groups in total. The second-order valence-electron chi connectivity index (χ2n) is 7.96. The normalized spacial score (nSPS) is 13.5. The SMILES string of the molecule is COc1ccccc1C1=C(P(=O)(c2ccccc2)c2ccccc2)CCc2ccccc21. The van der Waals surface area contributed by atoms with Crippen molar-refractivity contribution in [3.05, 3.63) is 131 Å². The molecular formula is C29H25O2P. The molecule has 158 valence electrons. The summed E-state index contributed by atoms with van der Waals surface area (Å²) in [4.78, 5) is 0. The number of hydrogen-bond donors (Lipinski definition) is 0. The average molecular weight is 436 g/mol. The molecule has 0 amide bonds. The number of allylic oxidation sites excluding steroid dienone is 1. The summed E-state index contributed by atoms with van der Waals surface area (Å²) in [5.74, 6) is 0.796. The molecule has 0 fully saturated rings. The Morgan fingerprint density at radius 1 is 0.625 bits per heavy atom. The summed E-state index contributed by atoms with van der Waals surface area (Å²) in [6, 6.07) is 36.4. The van der Waals surface area contributed by atoms with Gasteiger partial charge in [-0.05, 0) is 30.0 Å². The lowest BCUT2D eigenvalue weighted by Gasteiger charge is -2.31. The van der Waals surface area contributed by atoms with Crippen molar-refractivity contribution >= 4 is 23.3 Å². The zero-order valence-electron chi connectivity index (χ0n) is 18.1. The van der Waals surface area contributed by atoms with Gasteiger partial charge >= 0.3 is 0 Å². The summed E-state index contributed by atoms with van der Waals surface area (Å²) < 4.78 is 21.0. The fourth-order valence-corrected chi connectivity index (χ4v) is 7.81. The molecule has 0 saturated carbocycles. The summed E-state index contributed by atoms with van der Waals surface area (Å²) in [5.41, 5.74) is 4.46. The molecule has 1 aliphatic carbocycles. The Morgan fingerprint density at radius 3 is 1.78 bits per heavy atom. The number of hydrogen-bond acceptors (Lipinski definition) is 2. The van der Waals surface area contributed by atoms with Crippen LogP contribution < -0.4 is 15.3 Å². The molecule has 0 atom stereocenters. The Hall–Kier alpha value is -3.35. The standard InChI is InChI=1S/C29H25O2P/c1-31-27-19-11-10-18-26(27)29-25-17-9-8-12-22(25)20-21-28(29)32(30,23-13-4-2-5-14-23)24-15-6-3-7-16-24/h2-19H,20-21H2,1H3. The lowest BCUT2D eigenvalue weighted by molar-refractivity contribution is 0.413. The van der Waals surface area contributed by atoms with E-state index in [2.05, 4.69) is 30.3 Å². The molecular weight excluding hydrogens is 411 g/mol. The molecule has 5 rings (SSSR count). The van der Waals surface area contributed by atoms with Crippen LogP contribution in [0, 0.1) is 0 Å². The number of benzene rings is 4. The molecule has 4 aromatic rings. The quantitative estimate of drug-likeness (QED) is 0.338. The summed E-state index contributed by atoms with van der Waals surface area (Å²) in [5, 5.41) is 2.74. The van der Waals surface area contributed by atoms with E-state index >= 15 is 4.57 Å². The maximum Gasteiger partial charge on any atom is 0.167 e. The summed E-state index contributed by atoms with van der Waals surface area (Å²) >= 11 is 0. The molecule has 0 heterocycles. The summed E-state index contributed by atoms with van der Waals surface area (Å²) in [7, 11) is -1.39. The van der Waals surface area contributed by atoms with Crippen LogP contribution in [0.25, 0.3) is 5.57 Å². The molecule has 4 aromatic carbocycles. The van der Waals surface area contributed by atoms with Gasteiger partial charge in [-0.3, -0.25) is 0 Å². The van der Waals surface area contributed by atoms with E-state index in [1.165, 1.54) is 5.56 Å². The maximum absolute atomic E-state index is 15.3. The summed E-state index contributed by atoms with van der Waals surface area (Å²) in [6.07, 6.45) is 1.61. The molecule has 0 radical (unpaired) electrons. The first kappa shape index (κ1) is 20.5. The van der Waals surface area contributed by atoms with Crippen LogP contribution in [0.3, 0.4) is 0 Å². The third-order valence-electron chi connectivity index (χ3n) is 6.20. The molecule has 3 heteroatoms. The second-order valence-corrected chi connectivity index (χ2v) is 10.8. The van der Waals surface area contributed by atoms with Crippen molar-refractivity contribution in [3.8, 4) is 5.75 Å². The first-order valence-electron chi connectivity index (χ1n) is 10.9. The van der Waals surface area contributed by atoms with Crippen LogP contribution >= 0.6 is 7.14 Å². The van der Waals surface area contributed by atoms with Gasteiger partial charge in [0.2, 0.25) is 0 Å². The molecule has 0 aromatic heterocycles. The van der Waals surface area contributed by atoms with Crippen molar-refractivity contribution in [1.29, 1.82) is 0 Å². The van der Waals surface area contributed by atoms with Crippen LogP contribution in [0.4, 0.5) is 0 Å². The van der Waals surface area contributed by atoms with Crippen LogP contribution in [0.1, 0.15) is 23.1 Å². The van der Waals surface area contributed by atoms with Crippen molar-refractivity contribution in [2.24, 2.45) is 0 Å². The van der Waals surface area contributed by atoms with Gasteiger partial charge in [-0.2, -0.15) is 0 Å². The minimum absolute atomic E-state index is 0.742. The zero-order valence-corrected chi connectivity index (χ0v) is 19.0. The van der Waals surface area contributed by atoms with E-state index in [0.29, 0.717) is 0 Å².